The number of carbonyl (C=O) groups is 1. The molecule has 11 heteroatoms. The maximum absolute atomic E-state index is 14.3. The topological polar surface area (TPSA) is 72.1 Å². The van der Waals surface area contributed by atoms with Gasteiger partial charge in [-0.2, -0.15) is 13.2 Å². The number of urea groups is 1. The Balaban J connectivity index is 1.38. The van der Waals surface area contributed by atoms with Crippen molar-refractivity contribution in [2.45, 2.75) is 43.2 Å². The fraction of sp³-hybridized carbons (Fsp3) is 0.536. The van der Waals surface area contributed by atoms with Crippen LogP contribution in [0.5, 0.6) is 0 Å². The van der Waals surface area contributed by atoms with Crippen LogP contribution in [0.3, 0.4) is 0 Å². The molecule has 0 aromatic heterocycles. The van der Waals surface area contributed by atoms with Crippen molar-refractivity contribution >= 4 is 23.1 Å². The summed E-state index contributed by atoms with van der Waals surface area (Å²) >= 11 is 0. The van der Waals surface area contributed by atoms with Gasteiger partial charge in [-0.15, -0.1) is 0 Å². The van der Waals surface area contributed by atoms with Gasteiger partial charge in [-0.3, -0.25) is 10.2 Å². The standard InChI is InChI=1S/C28H35F3N6O2/c1-35-24-16-33-22-6-3-17(18-4-8-25(39-2)34-15-18)13-20(22)26(24)37(27(35)38)19-5-7-23(21(14-19)28(29,30)31)36-11-9-32-10-12-36/h3,5-7,13-14,18,24-26,32-34H,4,8-12,15-16H2,1-2H3. The molecule has 0 radical (unpaired) electrons. The minimum Gasteiger partial charge on any atom is -0.383 e. The Bertz CT molecular complexity index is 1230. The molecule has 3 saturated heterocycles. The van der Waals surface area contributed by atoms with E-state index in [1.165, 1.54) is 6.07 Å². The molecule has 6 rings (SSSR count). The highest BCUT2D eigenvalue weighted by atomic mass is 19.4. The number of hydrogen-bond acceptors (Lipinski definition) is 6. The van der Waals surface area contributed by atoms with Gasteiger partial charge in [0.25, 0.3) is 0 Å². The van der Waals surface area contributed by atoms with Gasteiger partial charge in [-0.25, -0.2) is 4.79 Å². The summed E-state index contributed by atoms with van der Waals surface area (Å²) in [6, 6.07) is 9.75. The lowest BCUT2D eigenvalue weighted by atomic mass is 9.86. The van der Waals surface area contributed by atoms with Crippen molar-refractivity contribution < 1.29 is 22.7 Å². The highest BCUT2D eigenvalue weighted by Crippen LogP contribution is 2.47. The molecule has 4 aliphatic heterocycles. The summed E-state index contributed by atoms with van der Waals surface area (Å²) in [5.74, 6) is 0.292. The molecule has 2 aromatic rings. The Morgan fingerprint density at radius 3 is 2.51 bits per heavy atom. The Morgan fingerprint density at radius 2 is 1.82 bits per heavy atom. The lowest BCUT2D eigenvalue weighted by molar-refractivity contribution is -0.137. The van der Waals surface area contributed by atoms with Crippen LogP contribution in [0.15, 0.2) is 36.4 Å². The van der Waals surface area contributed by atoms with Crippen molar-refractivity contribution in [2.24, 2.45) is 0 Å². The van der Waals surface area contributed by atoms with E-state index in [0.29, 0.717) is 38.6 Å². The molecule has 0 spiro atoms. The Labute approximate surface area is 226 Å². The first-order valence-electron chi connectivity index (χ1n) is 13.6. The quantitative estimate of drug-likeness (QED) is 0.542. The number of fused-ring (bicyclic) bond motifs is 3. The molecule has 0 aliphatic carbocycles. The summed E-state index contributed by atoms with van der Waals surface area (Å²) in [5.41, 5.74) is 2.74. The van der Waals surface area contributed by atoms with Crippen LogP contribution in [-0.4, -0.2) is 76.6 Å². The van der Waals surface area contributed by atoms with Crippen LogP contribution in [0, 0.1) is 0 Å². The molecular formula is C28H35F3N6O2. The zero-order valence-corrected chi connectivity index (χ0v) is 22.2. The number of nitrogens with zero attached hydrogens (tertiary/aromatic N) is 3. The number of amides is 2. The average Bonchev–Trinajstić information content (AvgIpc) is 3.22. The van der Waals surface area contributed by atoms with Crippen LogP contribution in [0.4, 0.5) is 35.0 Å². The van der Waals surface area contributed by atoms with Crippen molar-refractivity contribution in [1.29, 1.82) is 0 Å². The number of carbonyl (C=O) groups excluding carboxylic acids is 1. The number of nitrogens with one attached hydrogen (secondary N) is 3. The summed E-state index contributed by atoms with van der Waals surface area (Å²) in [7, 11) is 3.43. The molecule has 2 aromatic carbocycles. The fourth-order valence-electron chi connectivity index (χ4n) is 6.53. The first kappa shape index (κ1) is 26.2. The summed E-state index contributed by atoms with van der Waals surface area (Å²) in [4.78, 5) is 18.6. The minimum absolute atomic E-state index is 0.0496. The van der Waals surface area contributed by atoms with Crippen molar-refractivity contribution in [3.8, 4) is 0 Å². The predicted molar refractivity (Wildman–Crippen MR) is 144 cm³/mol. The molecule has 39 heavy (non-hydrogen) atoms. The number of benzene rings is 2. The molecule has 8 nitrogen and oxygen atoms in total. The number of alkyl halides is 3. The normalized spacial score (nSPS) is 27.3. The van der Waals surface area contributed by atoms with Gasteiger partial charge >= 0.3 is 12.2 Å². The van der Waals surface area contributed by atoms with Crippen LogP contribution in [0.1, 0.15) is 41.5 Å². The van der Waals surface area contributed by atoms with Gasteiger partial charge < -0.3 is 25.2 Å². The third-order valence-corrected chi connectivity index (χ3v) is 8.69. The number of rotatable bonds is 4. The largest absolute Gasteiger partial charge is 0.418 e. The number of piperazine rings is 1. The van der Waals surface area contributed by atoms with Gasteiger partial charge in [0.05, 0.1) is 17.6 Å². The molecule has 3 N–H and O–H groups in total. The van der Waals surface area contributed by atoms with E-state index in [4.69, 9.17) is 4.74 Å². The molecule has 4 aliphatic rings. The van der Waals surface area contributed by atoms with Gasteiger partial charge in [0.2, 0.25) is 0 Å². The smallest absolute Gasteiger partial charge is 0.383 e. The summed E-state index contributed by atoms with van der Waals surface area (Å²) in [6.45, 7) is 3.58. The van der Waals surface area contributed by atoms with Gasteiger partial charge in [0.1, 0.15) is 6.23 Å². The number of ether oxygens (including phenoxy) is 1. The lowest BCUT2D eigenvalue weighted by Gasteiger charge is -2.36. The number of anilines is 3. The second-order valence-electron chi connectivity index (χ2n) is 10.8. The molecule has 210 valence electrons. The van der Waals surface area contributed by atoms with Gasteiger partial charge in [-0.1, -0.05) is 12.1 Å². The molecule has 3 fully saturated rings. The SMILES string of the molecule is COC1CCC(c2ccc3c(c2)C2C(CN3)N(C)C(=O)N2c2ccc(N3CCNCC3)c(C(F)(F)F)c2)CN1. The van der Waals surface area contributed by atoms with Crippen molar-refractivity contribution in [3.05, 3.63) is 53.1 Å². The van der Waals surface area contributed by atoms with E-state index in [0.717, 1.165) is 42.3 Å². The summed E-state index contributed by atoms with van der Waals surface area (Å²) in [6.07, 6.45) is -2.63. The maximum Gasteiger partial charge on any atom is 0.418 e. The summed E-state index contributed by atoms with van der Waals surface area (Å²) in [5, 5.41) is 10.0. The third-order valence-electron chi connectivity index (χ3n) is 8.69. The number of likely N-dealkylation sites (N-methyl/N-ethyl adjacent to an activating group) is 1. The average molecular weight is 545 g/mol. The second-order valence-corrected chi connectivity index (χ2v) is 10.8. The van der Waals surface area contributed by atoms with Crippen LogP contribution in [0.2, 0.25) is 0 Å². The molecule has 4 atom stereocenters. The highest BCUT2D eigenvalue weighted by molar-refractivity contribution is 5.97. The fourth-order valence-corrected chi connectivity index (χ4v) is 6.53. The second kappa shape index (κ2) is 10.2. The van der Waals surface area contributed by atoms with E-state index in [2.05, 4.69) is 28.1 Å². The minimum atomic E-state index is -4.54. The van der Waals surface area contributed by atoms with Crippen LogP contribution >= 0.6 is 0 Å². The zero-order valence-electron chi connectivity index (χ0n) is 22.2. The maximum atomic E-state index is 14.3. The Kier molecular flexibility index (Phi) is 6.84. The molecule has 2 amide bonds. The number of halogens is 3. The zero-order chi connectivity index (χ0) is 27.3. The molecule has 0 saturated carbocycles. The van der Waals surface area contributed by atoms with E-state index in [1.54, 1.807) is 34.9 Å². The van der Waals surface area contributed by atoms with Gasteiger partial charge in [0, 0.05) is 76.1 Å². The van der Waals surface area contributed by atoms with Crippen molar-refractivity contribution in [3.63, 3.8) is 0 Å². The van der Waals surface area contributed by atoms with E-state index in [1.807, 2.05) is 6.07 Å². The van der Waals surface area contributed by atoms with Gasteiger partial charge in [-0.05, 0) is 48.6 Å². The van der Waals surface area contributed by atoms with E-state index in [-0.39, 0.29) is 29.7 Å². The van der Waals surface area contributed by atoms with Crippen molar-refractivity contribution in [1.82, 2.24) is 15.5 Å². The van der Waals surface area contributed by atoms with Crippen LogP contribution in [-0.2, 0) is 10.9 Å². The van der Waals surface area contributed by atoms with Crippen LogP contribution < -0.4 is 25.8 Å². The third kappa shape index (κ3) is 4.70. The molecule has 0 bridgehead atoms. The first-order chi connectivity index (χ1) is 18.8. The molecular weight excluding hydrogens is 509 g/mol. The van der Waals surface area contributed by atoms with E-state index >= 15 is 0 Å². The predicted octanol–water partition coefficient (Wildman–Crippen LogP) is 3.96. The van der Waals surface area contributed by atoms with E-state index in [9.17, 15) is 18.0 Å². The van der Waals surface area contributed by atoms with E-state index < -0.39 is 17.8 Å². The number of hydrogen-bond donors (Lipinski definition) is 3. The Hall–Kier alpha value is -3.02. The lowest BCUT2D eigenvalue weighted by Crippen LogP contribution is -2.44. The summed E-state index contributed by atoms with van der Waals surface area (Å²) < 4.78 is 48.5. The molecule has 4 unspecified atom stereocenters. The first-order valence-corrected chi connectivity index (χ1v) is 13.6. The Morgan fingerprint density at radius 1 is 1.03 bits per heavy atom. The van der Waals surface area contributed by atoms with Crippen molar-refractivity contribution in [2.75, 3.05) is 68.5 Å². The number of methoxy groups -OCH3 is 1. The van der Waals surface area contributed by atoms with Gasteiger partial charge in [0.15, 0.2) is 0 Å². The number of piperidine rings is 1. The highest BCUT2D eigenvalue weighted by Gasteiger charge is 2.49. The molecule has 4 heterocycles. The monoisotopic (exact) mass is 544 g/mol. The van der Waals surface area contributed by atoms with Crippen LogP contribution in [0.25, 0.3) is 0 Å².